The summed E-state index contributed by atoms with van der Waals surface area (Å²) >= 11 is 0. The summed E-state index contributed by atoms with van der Waals surface area (Å²) in [5.41, 5.74) is 6.42. The third kappa shape index (κ3) is 5.31. The summed E-state index contributed by atoms with van der Waals surface area (Å²) in [5.74, 6) is -0.180. The Hall–Kier alpha value is -1.62. The van der Waals surface area contributed by atoms with Crippen LogP contribution in [0.4, 0.5) is 5.69 Å². The third-order valence-electron chi connectivity index (χ3n) is 2.12. The Morgan fingerprint density at radius 1 is 1.47 bits per heavy atom. The van der Waals surface area contributed by atoms with Crippen molar-refractivity contribution >= 4 is 11.6 Å². The van der Waals surface area contributed by atoms with E-state index in [1.54, 1.807) is 12.1 Å². The molecule has 5 heteroatoms. The number of nitrogen functional groups attached to an aromatic ring is 1. The molecule has 0 aromatic carbocycles. The summed E-state index contributed by atoms with van der Waals surface area (Å²) in [4.78, 5) is 15.5. The Balaban J connectivity index is 2.19. The average Bonchev–Trinajstić information content (AvgIpc) is 2.34. The second-order valence-electron chi connectivity index (χ2n) is 3.70. The molecule has 0 unspecified atom stereocenters. The molecule has 17 heavy (non-hydrogen) atoms. The number of aromatic nitrogens is 1. The van der Waals surface area contributed by atoms with Crippen LogP contribution < -0.4 is 11.1 Å². The maximum atomic E-state index is 11.6. The maximum Gasteiger partial charge on any atom is 0.269 e. The molecule has 3 N–H and O–H groups in total. The fourth-order valence-electron chi connectivity index (χ4n) is 1.25. The van der Waals surface area contributed by atoms with Gasteiger partial charge in [0, 0.05) is 19.8 Å². The molecule has 1 aromatic heterocycles. The summed E-state index contributed by atoms with van der Waals surface area (Å²) in [5, 5.41) is 2.77. The van der Waals surface area contributed by atoms with E-state index >= 15 is 0 Å². The lowest BCUT2D eigenvalue weighted by Crippen LogP contribution is -2.26. The largest absolute Gasteiger partial charge is 0.397 e. The zero-order valence-corrected chi connectivity index (χ0v) is 10.1. The number of carbonyl (C=O) groups excluding carboxylic acids is 1. The second kappa shape index (κ2) is 7.62. The lowest BCUT2D eigenvalue weighted by atomic mass is 10.3. The Morgan fingerprint density at radius 2 is 2.29 bits per heavy atom. The molecule has 0 aliphatic carbocycles. The van der Waals surface area contributed by atoms with Crippen LogP contribution in [0, 0.1) is 0 Å². The van der Waals surface area contributed by atoms with Crippen LogP contribution >= 0.6 is 0 Å². The molecule has 0 atom stereocenters. The molecule has 1 heterocycles. The minimum absolute atomic E-state index is 0.180. The van der Waals surface area contributed by atoms with E-state index in [4.69, 9.17) is 10.5 Å². The molecular formula is C12H19N3O2. The molecule has 0 radical (unpaired) electrons. The SMILES string of the molecule is CCCOCCCNC(=O)c1ccc(N)cn1. The number of nitrogens with two attached hydrogens (primary N) is 1. The van der Waals surface area contributed by atoms with Crippen LogP contribution in [0.25, 0.3) is 0 Å². The van der Waals surface area contributed by atoms with Gasteiger partial charge in [0.1, 0.15) is 5.69 Å². The van der Waals surface area contributed by atoms with Crippen LogP contribution in [0.2, 0.25) is 0 Å². The second-order valence-corrected chi connectivity index (χ2v) is 3.70. The minimum Gasteiger partial charge on any atom is -0.397 e. The number of hydrogen-bond donors (Lipinski definition) is 2. The normalized spacial score (nSPS) is 10.2. The number of carbonyl (C=O) groups is 1. The third-order valence-corrected chi connectivity index (χ3v) is 2.12. The number of nitrogens with zero attached hydrogens (tertiary/aromatic N) is 1. The monoisotopic (exact) mass is 237 g/mol. The van der Waals surface area contributed by atoms with Gasteiger partial charge in [-0.05, 0) is 25.0 Å². The fraction of sp³-hybridized carbons (Fsp3) is 0.500. The summed E-state index contributed by atoms with van der Waals surface area (Å²) in [6, 6.07) is 3.27. The van der Waals surface area contributed by atoms with Gasteiger partial charge in [0.2, 0.25) is 0 Å². The van der Waals surface area contributed by atoms with Crippen LogP contribution in [0.5, 0.6) is 0 Å². The van der Waals surface area contributed by atoms with E-state index in [1.807, 2.05) is 0 Å². The van der Waals surface area contributed by atoms with E-state index in [-0.39, 0.29) is 5.91 Å². The van der Waals surface area contributed by atoms with Crippen molar-refractivity contribution in [2.45, 2.75) is 19.8 Å². The lowest BCUT2D eigenvalue weighted by molar-refractivity contribution is 0.0936. The molecule has 0 fully saturated rings. The van der Waals surface area contributed by atoms with Crippen molar-refractivity contribution in [2.75, 3.05) is 25.5 Å². The van der Waals surface area contributed by atoms with Crippen molar-refractivity contribution < 1.29 is 9.53 Å². The van der Waals surface area contributed by atoms with Crippen molar-refractivity contribution in [3.63, 3.8) is 0 Å². The van der Waals surface area contributed by atoms with E-state index in [1.165, 1.54) is 6.20 Å². The first-order valence-corrected chi connectivity index (χ1v) is 5.81. The number of ether oxygens (including phenoxy) is 1. The number of amides is 1. The smallest absolute Gasteiger partial charge is 0.269 e. The molecule has 5 nitrogen and oxygen atoms in total. The molecule has 1 rings (SSSR count). The van der Waals surface area contributed by atoms with Crippen molar-refractivity contribution in [3.05, 3.63) is 24.0 Å². The highest BCUT2D eigenvalue weighted by Gasteiger charge is 2.05. The van der Waals surface area contributed by atoms with Crippen LogP contribution in [0.3, 0.4) is 0 Å². The van der Waals surface area contributed by atoms with E-state index in [0.717, 1.165) is 19.4 Å². The van der Waals surface area contributed by atoms with Gasteiger partial charge in [-0.15, -0.1) is 0 Å². The molecule has 94 valence electrons. The fourth-order valence-corrected chi connectivity index (χ4v) is 1.25. The average molecular weight is 237 g/mol. The molecule has 1 aromatic rings. The van der Waals surface area contributed by atoms with Gasteiger partial charge in [0.15, 0.2) is 0 Å². The molecule has 0 saturated heterocycles. The Morgan fingerprint density at radius 3 is 2.94 bits per heavy atom. The molecule has 0 spiro atoms. The molecular weight excluding hydrogens is 218 g/mol. The Bertz CT molecular complexity index is 338. The standard InChI is InChI=1S/C12H19N3O2/c1-2-7-17-8-3-6-14-12(16)11-5-4-10(13)9-15-11/h4-5,9H,2-3,6-8,13H2,1H3,(H,14,16). The summed E-state index contributed by atoms with van der Waals surface area (Å²) in [7, 11) is 0. The zero-order valence-electron chi connectivity index (χ0n) is 10.1. The molecule has 0 aliphatic heterocycles. The van der Waals surface area contributed by atoms with Gasteiger partial charge in [-0.2, -0.15) is 0 Å². The van der Waals surface area contributed by atoms with Crippen molar-refractivity contribution in [3.8, 4) is 0 Å². The number of nitrogens with one attached hydrogen (secondary N) is 1. The predicted octanol–water partition coefficient (Wildman–Crippen LogP) is 1.21. The first-order chi connectivity index (χ1) is 8.24. The highest BCUT2D eigenvalue weighted by Crippen LogP contribution is 2.00. The van der Waals surface area contributed by atoms with Gasteiger partial charge in [-0.25, -0.2) is 4.98 Å². The van der Waals surface area contributed by atoms with Crippen LogP contribution in [0.1, 0.15) is 30.3 Å². The van der Waals surface area contributed by atoms with Crippen molar-refractivity contribution in [1.82, 2.24) is 10.3 Å². The van der Waals surface area contributed by atoms with Gasteiger partial charge in [-0.1, -0.05) is 6.92 Å². The van der Waals surface area contributed by atoms with Crippen molar-refractivity contribution in [2.24, 2.45) is 0 Å². The van der Waals surface area contributed by atoms with Gasteiger partial charge in [0.05, 0.1) is 11.9 Å². The zero-order chi connectivity index (χ0) is 12.5. The molecule has 0 saturated carbocycles. The number of pyridine rings is 1. The number of hydrogen-bond acceptors (Lipinski definition) is 4. The van der Waals surface area contributed by atoms with Gasteiger partial charge >= 0.3 is 0 Å². The van der Waals surface area contributed by atoms with E-state index in [9.17, 15) is 4.79 Å². The molecule has 0 aliphatic rings. The topological polar surface area (TPSA) is 77.2 Å². The molecule has 1 amide bonds. The first kappa shape index (κ1) is 13.4. The van der Waals surface area contributed by atoms with E-state index in [0.29, 0.717) is 24.5 Å². The summed E-state index contributed by atoms with van der Waals surface area (Å²) < 4.78 is 5.30. The quantitative estimate of drug-likeness (QED) is 0.699. The van der Waals surface area contributed by atoms with Crippen molar-refractivity contribution in [1.29, 1.82) is 0 Å². The summed E-state index contributed by atoms with van der Waals surface area (Å²) in [6.45, 7) is 4.10. The Labute approximate surface area is 101 Å². The van der Waals surface area contributed by atoms with Crippen LogP contribution in [0.15, 0.2) is 18.3 Å². The first-order valence-electron chi connectivity index (χ1n) is 5.81. The lowest BCUT2D eigenvalue weighted by Gasteiger charge is -2.05. The molecule has 0 bridgehead atoms. The summed E-state index contributed by atoms with van der Waals surface area (Å²) in [6.07, 6.45) is 3.29. The predicted molar refractivity (Wildman–Crippen MR) is 66.7 cm³/mol. The highest BCUT2D eigenvalue weighted by atomic mass is 16.5. The van der Waals surface area contributed by atoms with Crippen LogP contribution in [-0.2, 0) is 4.74 Å². The number of rotatable bonds is 7. The highest BCUT2D eigenvalue weighted by molar-refractivity contribution is 5.92. The number of anilines is 1. The van der Waals surface area contributed by atoms with Gasteiger partial charge in [0.25, 0.3) is 5.91 Å². The van der Waals surface area contributed by atoms with Gasteiger partial charge in [-0.3, -0.25) is 4.79 Å². The maximum absolute atomic E-state index is 11.6. The van der Waals surface area contributed by atoms with Crippen LogP contribution in [-0.4, -0.2) is 30.6 Å². The van der Waals surface area contributed by atoms with Gasteiger partial charge < -0.3 is 15.8 Å². The van der Waals surface area contributed by atoms with E-state index in [2.05, 4.69) is 17.2 Å². The van der Waals surface area contributed by atoms with E-state index < -0.39 is 0 Å². The Kier molecular flexibility index (Phi) is 6.03. The minimum atomic E-state index is -0.180.